The van der Waals surface area contributed by atoms with Crippen LogP contribution in [0.2, 0.25) is 0 Å². The molecule has 0 heterocycles. The highest BCUT2D eigenvalue weighted by Gasteiger charge is 2.28. The Bertz CT molecular complexity index is 915. The first-order valence-corrected chi connectivity index (χ1v) is 12.3. The van der Waals surface area contributed by atoms with Crippen LogP contribution in [0.1, 0.15) is 18.1 Å². The van der Waals surface area contributed by atoms with E-state index in [1.165, 1.54) is 18.2 Å². The van der Waals surface area contributed by atoms with Crippen molar-refractivity contribution >= 4 is 33.4 Å². The molecule has 8 heteroatoms. The van der Waals surface area contributed by atoms with Gasteiger partial charge in [0.25, 0.3) is 0 Å². The lowest BCUT2D eigenvalue weighted by molar-refractivity contribution is -0.121. The normalized spacial score (nSPS) is 12.3. The van der Waals surface area contributed by atoms with Crippen molar-refractivity contribution in [3.05, 3.63) is 59.7 Å². The third kappa shape index (κ3) is 6.68. The molecule has 2 rings (SSSR count). The van der Waals surface area contributed by atoms with Gasteiger partial charge in [0, 0.05) is 18.1 Å². The molecule has 0 saturated heterocycles. The number of rotatable bonds is 10. The number of nitrogens with one attached hydrogen (secondary N) is 1. The molecule has 0 spiro atoms. The molecule has 1 amide bonds. The van der Waals surface area contributed by atoms with Crippen molar-refractivity contribution in [1.29, 1.82) is 0 Å². The van der Waals surface area contributed by atoms with Crippen LogP contribution < -0.4 is 14.4 Å². The predicted octanol–water partition coefficient (Wildman–Crippen LogP) is 3.21. The summed E-state index contributed by atoms with van der Waals surface area (Å²) in [6.45, 7) is 4.14. The molecule has 0 aromatic heterocycles. The van der Waals surface area contributed by atoms with Crippen LogP contribution in [0, 0.1) is 6.92 Å². The maximum absolute atomic E-state index is 12.6. The van der Waals surface area contributed by atoms with Crippen molar-refractivity contribution in [2.24, 2.45) is 0 Å². The van der Waals surface area contributed by atoms with E-state index in [1.807, 2.05) is 12.1 Å². The fourth-order valence-electron chi connectivity index (χ4n) is 2.89. The molecule has 0 fully saturated rings. The van der Waals surface area contributed by atoms with E-state index >= 15 is 0 Å². The minimum absolute atomic E-state index is 0.331. The number of carbonyl (C=O) groups is 1. The molecule has 0 bridgehead atoms. The van der Waals surface area contributed by atoms with Crippen LogP contribution in [-0.2, 0) is 20.6 Å². The smallest absolute Gasteiger partial charge is 0.243 e. The van der Waals surface area contributed by atoms with Gasteiger partial charge in [-0.2, -0.15) is 11.8 Å². The SMILES string of the molecule is COc1ccc(N([C@H](C)C(=O)NCCSCc2ccccc2C)S(C)(=O)=O)cc1. The van der Waals surface area contributed by atoms with Crippen LogP contribution in [0.25, 0.3) is 0 Å². The molecular weight excluding hydrogens is 408 g/mol. The molecule has 158 valence electrons. The number of methoxy groups -OCH3 is 1. The number of carbonyl (C=O) groups excluding carboxylic acids is 1. The van der Waals surface area contributed by atoms with Crippen LogP contribution in [0.5, 0.6) is 5.75 Å². The summed E-state index contributed by atoms with van der Waals surface area (Å²) >= 11 is 1.73. The maximum Gasteiger partial charge on any atom is 0.243 e. The number of hydrogen-bond donors (Lipinski definition) is 1. The number of benzene rings is 2. The van der Waals surface area contributed by atoms with Crippen molar-refractivity contribution in [2.75, 3.05) is 30.0 Å². The summed E-state index contributed by atoms with van der Waals surface area (Å²) in [5, 5.41) is 2.84. The molecule has 2 aromatic carbocycles. The minimum Gasteiger partial charge on any atom is -0.497 e. The third-order valence-electron chi connectivity index (χ3n) is 4.48. The highest BCUT2D eigenvalue weighted by Crippen LogP contribution is 2.24. The van der Waals surface area contributed by atoms with Gasteiger partial charge < -0.3 is 10.1 Å². The summed E-state index contributed by atoms with van der Waals surface area (Å²) in [6.07, 6.45) is 1.10. The van der Waals surface area contributed by atoms with E-state index in [-0.39, 0.29) is 5.91 Å². The summed E-state index contributed by atoms with van der Waals surface area (Å²) in [5.41, 5.74) is 2.95. The van der Waals surface area contributed by atoms with Crippen molar-refractivity contribution in [3.63, 3.8) is 0 Å². The molecule has 2 aromatic rings. The van der Waals surface area contributed by atoms with E-state index in [0.29, 0.717) is 18.0 Å². The van der Waals surface area contributed by atoms with Gasteiger partial charge in [0.2, 0.25) is 15.9 Å². The van der Waals surface area contributed by atoms with Gasteiger partial charge in [-0.25, -0.2) is 8.42 Å². The Balaban J connectivity index is 1.92. The Labute approximate surface area is 177 Å². The zero-order valence-corrected chi connectivity index (χ0v) is 18.8. The van der Waals surface area contributed by atoms with Crippen LogP contribution in [0.3, 0.4) is 0 Å². The molecule has 0 aliphatic heterocycles. The summed E-state index contributed by atoms with van der Waals surface area (Å²) in [7, 11) is -2.09. The van der Waals surface area contributed by atoms with Crippen molar-refractivity contribution in [2.45, 2.75) is 25.6 Å². The lowest BCUT2D eigenvalue weighted by Crippen LogP contribution is -2.48. The molecule has 0 aliphatic rings. The molecule has 29 heavy (non-hydrogen) atoms. The first-order chi connectivity index (χ1) is 13.7. The molecule has 1 atom stereocenters. The maximum atomic E-state index is 12.6. The van der Waals surface area contributed by atoms with E-state index < -0.39 is 16.1 Å². The fourth-order valence-corrected chi connectivity index (χ4v) is 5.00. The van der Waals surface area contributed by atoms with Gasteiger partial charge >= 0.3 is 0 Å². The number of ether oxygens (including phenoxy) is 1. The second kappa shape index (κ2) is 10.5. The number of thioether (sulfide) groups is 1. The number of amides is 1. The number of hydrogen-bond acceptors (Lipinski definition) is 5. The Morgan fingerprint density at radius 2 is 1.83 bits per heavy atom. The zero-order chi connectivity index (χ0) is 21.4. The Morgan fingerprint density at radius 1 is 1.17 bits per heavy atom. The lowest BCUT2D eigenvalue weighted by atomic mass is 10.1. The number of anilines is 1. The van der Waals surface area contributed by atoms with Crippen molar-refractivity contribution in [3.8, 4) is 5.75 Å². The van der Waals surface area contributed by atoms with Crippen LogP contribution in [0.15, 0.2) is 48.5 Å². The highest BCUT2D eigenvalue weighted by atomic mass is 32.2. The predicted molar refractivity (Wildman–Crippen MR) is 120 cm³/mol. The Hall–Kier alpha value is -2.19. The molecule has 0 saturated carbocycles. The molecule has 0 aliphatic carbocycles. The van der Waals surface area contributed by atoms with E-state index in [2.05, 4.69) is 24.4 Å². The van der Waals surface area contributed by atoms with E-state index in [0.717, 1.165) is 22.1 Å². The fraction of sp³-hybridized carbons (Fsp3) is 0.381. The van der Waals surface area contributed by atoms with Crippen LogP contribution in [-0.4, -0.2) is 46.0 Å². The first-order valence-electron chi connectivity index (χ1n) is 9.27. The van der Waals surface area contributed by atoms with Gasteiger partial charge in [-0.1, -0.05) is 24.3 Å². The minimum atomic E-state index is -3.63. The second-order valence-corrected chi connectivity index (χ2v) is 9.67. The van der Waals surface area contributed by atoms with Crippen LogP contribution >= 0.6 is 11.8 Å². The van der Waals surface area contributed by atoms with Crippen molar-refractivity contribution < 1.29 is 17.9 Å². The van der Waals surface area contributed by atoms with Gasteiger partial charge in [-0.15, -0.1) is 0 Å². The number of nitrogens with zero attached hydrogens (tertiary/aromatic N) is 1. The van der Waals surface area contributed by atoms with Crippen molar-refractivity contribution in [1.82, 2.24) is 5.32 Å². The first kappa shape index (κ1) is 23.1. The average Bonchev–Trinajstić information content (AvgIpc) is 2.68. The Kier molecular flexibility index (Phi) is 8.40. The zero-order valence-electron chi connectivity index (χ0n) is 17.2. The highest BCUT2D eigenvalue weighted by molar-refractivity contribution is 7.98. The van der Waals surface area contributed by atoms with E-state index in [9.17, 15) is 13.2 Å². The van der Waals surface area contributed by atoms with Gasteiger partial charge in [0.15, 0.2) is 0 Å². The van der Waals surface area contributed by atoms with Gasteiger partial charge in [0.1, 0.15) is 11.8 Å². The summed E-state index contributed by atoms with van der Waals surface area (Å²) in [5.74, 6) is 1.90. The monoisotopic (exact) mass is 436 g/mol. The summed E-state index contributed by atoms with van der Waals surface area (Å²) < 4.78 is 30.9. The number of aryl methyl sites for hydroxylation is 1. The number of sulfonamides is 1. The second-order valence-electron chi connectivity index (χ2n) is 6.70. The molecular formula is C21H28N2O4S2. The van der Waals surface area contributed by atoms with Gasteiger partial charge in [-0.3, -0.25) is 9.10 Å². The Morgan fingerprint density at radius 3 is 2.41 bits per heavy atom. The van der Waals surface area contributed by atoms with E-state index in [1.54, 1.807) is 43.0 Å². The lowest BCUT2D eigenvalue weighted by Gasteiger charge is -2.28. The third-order valence-corrected chi connectivity index (χ3v) is 6.73. The molecule has 0 radical (unpaired) electrons. The molecule has 1 N–H and O–H groups in total. The van der Waals surface area contributed by atoms with Crippen LogP contribution in [0.4, 0.5) is 5.69 Å². The molecule has 6 nitrogen and oxygen atoms in total. The average molecular weight is 437 g/mol. The summed E-state index contributed by atoms with van der Waals surface area (Å²) in [4.78, 5) is 12.6. The largest absolute Gasteiger partial charge is 0.497 e. The summed E-state index contributed by atoms with van der Waals surface area (Å²) in [6, 6.07) is 13.9. The quantitative estimate of drug-likeness (QED) is 0.579. The van der Waals surface area contributed by atoms with E-state index in [4.69, 9.17) is 4.74 Å². The standard InChI is InChI=1S/C21H28N2O4S2/c1-16-7-5-6-8-18(16)15-28-14-13-22-21(24)17(2)23(29(4,25)26)19-9-11-20(27-3)12-10-19/h5-12,17H,13-15H2,1-4H3,(H,22,24)/t17-/m1/s1. The molecule has 0 unspecified atom stereocenters. The topological polar surface area (TPSA) is 75.7 Å². The van der Waals surface area contributed by atoms with Gasteiger partial charge in [0.05, 0.1) is 19.1 Å². The van der Waals surface area contributed by atoms with Gasteiger partial charge in [-0.05, 0) is 49.2 Å².